The van der Waals surface area contributed by atoms with Gasteiger partial charge in [-0.2, -0.15) is 0 Å². The molecule has 0 bridgehead atoms. The maximum Gasteiger partial charge on any atom is 0.248 e. The first-order valence-corrected chi connectivity index (χ1v) is 7.27. The smallest absolute Gasteiger partial charge is 0.248 e. The molecule has 1 aromatic carbocycles. The molecule has 2 atom stereocenters. The topological polar surface area (TPSA) is 55.1 Å². The van der Waals surface area contributed by atoms with E-state index in [-0.39, 0.29) is 0 Å². The molecule has 0 heterocycles. The van der Waals surface area contributed by atoms with E-state index in [0.29, 0.717) is 16.5 Å². The number of nitrogens with one attached hydrogen (secondary N) is 1. The Kier molecular flexibility index (Phi) is 4.70. The molecule has 19 heavy (non-hydrogen) atoms. The molecule has 1 aliphatic rings. The van der Waals surface area contributed by atoms with Gasteiger partial charge in [0.1, 0.15) is 0 Å². The van der Waals surface area contributed by atoms with Crippen molar-refractivity contribution in [2.75, 3.05) is 11.9 Å². The molecular weight excluding hydrogens is 260 g/mol. The summed E-state index contributed by atoms with van der Waals surface area (Å²) >= 11 is 6.13. The maximum atomic E-state index is 11.2. The number of halogens is 1. The fraction of sp³-hybridized carbons (Fsp3) is 0.533. The van der Waals surface area contributed by atoms with Crippen LogP contribution < -0.4 is 11.1 Å². The van der Waals surface area contributed by atoms with Crippen molar-refractivity contribution in [3.05, 3.63) is 28.8 Å². The lowest BCUT2D eigenvalue weighted by Gasteiger charge is -2.27. The Balaban J connectivity index is 1.98. The van der Waals surface area contributed by atoms with Crippen LogP contribution >= 0.6 is 11.6 Å². The standard InChI is InChI=1S/C15H21ClN2O/c1-10-3-2-4-11(7-10)9-18-14-8-12(15(17)19)5-6-13(14)16/h5-6,8,10-11,18H,2-4,7,9H2,1H3,(H2,17,19). The quantitative estimate of drug-likeness (QED) is 0.884. The zero-order valence-corrected chi connectivity index (χ0v) is 12.0. The number of nitrogens with two attached hydrogens (primary N) is 1. The minimum Gasteiger partial charge on any atom is -0.384 e. The van der Waals surface area contributed by atoms with Gasteiger partial charge >= 0.3 is 0 Å². The number of hydrogen-bond acceptors (Lipinski definition) is 2. The van der Waals surface area contributed by atoms with Crippen molar-refractivity contribution in [3.63, 3.8) is 0 Å². The summed E-state index contributed by atoms with van der Waals surface area (Å²) in [7, 11) is 0. The molecule has 1 saturated carbocycles. The van der Waals surface area contributed by atoms with Crippen LogP contribution in [0.15, 0.2) is 18.2 Å². The van der Waals surface area contributed by atoms with Crippen LogP contribution in [0, 0.1) is 11.8 Å². The first-order chi connectivity index (χ1) is 9.06. The van der Waals surface area contributed by atoms with E-state index in [2.05, 4.69) is 12.2 Å². The molecule has 1 aliphatic carbocycles. The van der Waals surface area contributed by atoms with Crippen LogP contribution in [0.25, 0.3) is 0 Å². The van der Waals surface area contributed by atoms with Gasteiger partial charge in [-0.1, -0.05) is 31.4 Å². The number of carbonyl (C=O) groups excluding carboxylic acids is 1. The van der Waals surface area contributed by atoms with Crippen LogP contribution in [0.4, 0.5) is 5.69 Å². The van der Waals surface area contributed by atoms with Gasteiger partial charge in [-0.25, -0.2) is 0 Å². The normalized spacial score (nSPS) is 23.1. The summed E-state index contributed by atoms with van der Waals surface area (Å²) in [6.45, 7) is 3.22. The molecule has 0 aliphatic heterocycles. The molecule has 1 amide bonds. The largest absolute Gasteiger partial charge is 0.384 e. The van der Waals surface area contributed by atoms with E-state index >= 15 is 0 Å². The fourth-order valence-corrected chi connectivity index (χ4v) is 3.00. The highest BCUT2D eigenvalue weighted by Crippen LogP contribution is 2.30. The molecule has 104 valence electrons. The van der Waals surface area contributed by atoms with Gasteiger partial charge in [0.25, 0.3) is 0 Å². The third kappa shape index (κ3) is 3.87. The molecular formula is C15H21ClN2O. The van der Waals surface area contributed by atoms with Gasteiger partial charge in [-0.15, -0.1) is 0 Å². The summed E-state index contributed by atoms with van der Waals surface area (Å²) < 4.78 is 0. The zero-order chi connectivity index (χ0) is 13.8. The van der Waals surface area contributed by atoms with Gasteiger partial charge in [-0.3, -0.25) is 4.79 Å². The summed E-state index contributed by atoms with van der Waals surface area (Å²) in [5.74, 6) is 1.08. The lowest BCUT2D eigenvalue weighted by Crippen LogP contribution is -2.21. The van der Waals surface area contributed by atoms with Crippen molar-refractivity contribution >= 4 is 23.2 Å². The van der Waals surface area contributed by atoms with E-state index in [1.165, 1.54) is 25.7 Å². The molecule has 1 fully saturated rings. The lowest BCUT2D eigenvalue weighted by atomic mass is 9.82. The summed E-state index contributed by atoms with van der Waals surface area (Å²) in [5.41, 5.74) is 6.57. The van der Waals surface area contributed by atoms with Gasteiger partial charge in [0, 0.05) is 12.1 Å². The average Bonchev–Trinajstić information content (AvgIpc) is 2.37. The Morgan fingerprint density at radius 2 is 2.26 bits per heavy atom. The highest BCUT2D eigenvalue weighted by atomic mass is 35.5. The molecule has 1 aromatic rings. The predicted molar refractivity (Wildman–Crippen MR) is 79.6 cm³/mol. The second kappa shape index (κ2) is 6.29. The summed E-state index contributed by atoms with van der Waals surface area (Å²) in [4.78, 5) is 11.2. The second-order valence-electron chi connectivity index (χ2n) is 5.58. The monoisotopic (exact) mass is 280 g/mol. The van der Waals surface area contributed by atoms with Crippen LogP contribution in [0.3, 0.4) is 0 Å². The lowest BCUT2D eigenvalue weighted by molar-refractivity contribution is 0.100. The van der Waals surface area contributed by atoms with Crippen molar-refractivity contribution < 1.29 is 4.79 Å². The number of amides is 1. The van der Waals surface area contributed by atoms with Gasteiger partial charge in [0.2, 0.25) is 5.91 Å². The van der Waals surface area contributed by atoms with Crippen molar-refractivity contribution in [2.45, 2.75) is 32.6 Å². The molecule has 4 heteroatoms. The summed E-state index contributed by atoms with van der Waals surface area (Å²) in [5, 5.41) is 3.99. The number of anilines is 1. The molecule has 0 radical (unpaired) electrons. The molecule has 2 unspecified atom stereocenters. The fourth-order valence-electron chi connectivity index (χ4n) is 2.81. The van der Waals surface area contributed by atoms with E-state index in [1.54, 1.807) is 18.2 Å². The van der Waals surface area contributed by atoms with E-state index in [4.69, 9.17) is 17.3 Å². The molecule has 0 saturated heterocycles. The number of rotatable bonds is 4. The highest BCUT2D eigenvalue weighted by molar-refractivity contribution is 6.33. The molecule has 3 N–H and O–H groups in total. The van der Waals surface area contributed by atoms with Crippen LogP contribution in [-0.2, 0) is 0 Å². The Hall–Kier alpha value is -1.22. The first-order valence-electron chi connectivity index (χ1n) is 6.89. The first kappa shape index (κ1) is 14.2. The van der Waals surface area contributed by atoms with Gasteiger partial charge in [0.15, 0.2) is 0 Å². The van der Waals surface area contributed by atoms with Crippen LogP contribution in [-0.4, -0.2) is 12.5 Å². The Morgan fingerprint density at radius 1 is 1.47 bits per heavy atom. The minimum absolute atomic E-state index is 0.425. The Bertz CT molecular complexity index is 461. The molecule has 2 rings (SSSR count). The Labute approximate surface area is 119 Å². The van der Waals surface area contributed by atoms with Crippen LogP contribution in [0.2, 0.25) is 5.02 Å². The van der Waals surface area contributed by atoms with Crippen molar-refractivity contribution in [1.29, 1.82) is 0 Å². The summed E-state index contributed by atoms with van der Waals surface area (Å²) in [6, 6.07) is 5.10. The maximum absolute atomic E-state index is 11.2. The third-order valence-electron chi connectivity index (χ3n) is 3.88. The van der Waals surface area contributed by atoms with Gasteiger partial charge in [-0.05, 0) is 42.9 Å². The van der Waals surface area contributed by atoms with Crippen LogP contribution in [0.5, 0.6) is 0 Å². The molecule has 0 spiro atoms. The minimum atomic E-state index is -0.425. The number of benzene rings is 1. The zero-order valence-electron chi connectivity index (χ0n) is 11.3. The summed E-state index contributed by atoms with van der Waals surface area (Å²) in [6.07, 6.45) is 5.18. The number of hydrogen-bond donors (Lipinski definition) is 2. The van der Waals surface area contributed by atoms with E-state index in [1.807, 2.05) is 0 Å². The number of primary amides is 1. The van der Waals surface area contributed by atoms with Crippen molar-refractivity contribution in [3.8, 4) is 0 Å². The van der Waals surface area contributed by atoms with E-state index in [0.717, 1.165) is 18.2 Å². The number of carbonyl (C=O) groups is 1. The molecule has 0 aromatic heterocycles. The van der Waals surface area contributed by atoms with Gasteiger partial charge in [0.05, 0.1) is 10.7 Å². The predicted octanol–water partition coefficient (Wildman–Crippen LogP) is 3.68. The Morgan fingerprint density at radius 3 is 2.95 bits per heavy atom. The highest BCUT2D eigenvalue weighted by Gasteiger charge is 2.18. The average molecular weight is 281 g/mol. The third-order valence-corrected chi connectivity index (χ3v) is 4.21. The molecule has 3 nitrogen and oxygen atoms in total. The van der Waals surface area contributed by atoms with Crippen molar-refractivity contribution in [2.24, 2.45) is 17.6 Å². The van der Waals surface area contributed by atoms with E-state index < -0.39 is 5.91 Å². The van der Waals surface area contributed by atoms with Crippen molar-refractivity contribution in [1.82, 2.24) is 0 Å². The van der Waals surface area contributed by atoms with E-state index in [9.17, 15) is 4.79 Å². The SMILES string of the molecule is CC1CCCC(CNc2cc(C(N)=O)ccc2Cl)C1. The second-order valence-corrected chi connectivity index (χ2v) is 5.98. The van der Waals surface area contributed by atoms with Crippen LogP contribution in [0.1, 0.15) is 43.0 Å². The van der Waals surface area contributed by atoms with Gasteiger partial charge < -0.3 is 11.1 Å².